The quantitative estimate of drug-likeness (QED) is 0.542. The molecule has 0 saturated carbocycles. The molecule has 0 spiro atoms. The van der Waals surface area contributed by atoms with Crippen molar-refractivity contribution < 1.29 is 0 Å². The number of rotatable bonds is 2. The molecule has 4 rings (SSSR count). The molecule has 0 saturated heterocycles. The van der Waals surface area contributed by atoms with Crippen LogP contribution >= 0.6 is 15.9 Å². The lowest BCUT2D eigenvalue weighted by Crippen LogP contribution is -2.12. The topological polar surface area (TPSA) is 60.9 Å². The summed E-state index contributed by atoms with van der Waals surface area (Å²) in [6, 6.07) is 7.89. The Labute approximate surface area is 141 Å². The summed E-state index contributed by atoms with van der Waals surface area (Å²) < 4.78 is 4.71. The standard InChI is InChI=1S/C16H15BrN6/c1-9-14(17)10(2)23(20-9)11(3)15-19-16-12-6-4-5-7-13(12)18-8-22(16)21-15/h4-8,11H,1-3H3. The van der Waals surface area contributed by atoms with Gasteiger partial charge in [-0.05, 0) is 48.8 Å². The molecule has 0 aliphatic carbocycles. The van der Waals surface area contributed by atoms with E-state index in [1.165, 1.54) is 0 Å². The van der Waals surface area contributed by atoms with Gasteiger partial charge in [0.2, 0.25) is 0 Å². The van der Waals surface area contributed by atoms with Crippen LogP contribution in [0.2, 0.25) is 0 Å². The van der Waals surface area contributed by atoms with Gasteiger partial charge >= 0.3 is 0 Å². The highest BCUT2D eigenvalue weighted by Crippen LogP contribution is 2.26. The third kappa shape index (κ3) is 2.15. The maximum atomic E-state index is 4.73. The number of halogens is 1. The molecule has 0 aliphatic heterocycles. The number of aryl methyl sites for hydroxylation is 1. The molecule has 0 fully saturated rings. The number of aromatic nitrogens is 6. The van der Waals surface area contributed by atoms with Crippen LogP contribution in [0.3, 0.4) is 0 Å². The fourth-order valence-electron chi connectivity index (χ4n) is 2.80. The molecule has 3 heterocycles. The van der Waals surface area contributed by atoms with E-state index >= 15 is 0 Å². The molecule has 1 atom stereocenters. The maximum absolute atomic E-state index is 4.73. The molecule has 0 aliphatic rings. The average Bonchev–Trinajstić information content (AvgIpc) is 3.11. The fraction of sp³-hybridized carbons (Fsp3) is 0.250. The Morgan fingerprint density at radius 3 is 2.65 bits per heavy atom. The first-order valence-electron chi connectivity index (χ1n) is 7.37. The van der Waals surface area contributed by atoms with E-state index in [0.29, 0.717) is 0 Å². The number of hydrogen-bond donors (Lipinski definition) is 0. The summed E-state index contributed by atoms with van der Waals surface area (Å²) in [5.41, 5.74) is 3.76. The van der Waals surface area contributed by atoms with Crippen molar-refractivity contribution in [1.29, 1.82) is 0 Å². The van der Waals surface area contributed by atoms with E-state index in [1.807, 2.05) is 42.8 Å². The van der Waals surface area contributed by atoms with Crippen molar-refractivity contribution in [1.82, 2.24) is 29.4 Å². The van der Waals surface area contributed by atoms with Gasteiger partial charge in [0, 0.05) is 5.39 Å². The summed E-state index contributed by atoms with van der Waals surface area (Å²) in [5.74, 6) is 0.723. The van der Waals surface area contributed by atoms with E-state index in [4.69, 9.17) is 4.98 Å². The van der Waals surface area contributed by atoms with E-state index in [2.05, 4.69) is 38.0 Å². The van der Waals surface area contributed by atoms with Gasteiger partial charge in [0.05, 0.1) is 21.4 Å². The van der Waals surface area contributed by atoms with Gasteiger partial charge in [0.25, 0.3) is 0 Å². The summed E-state index contributed by atoms with van der Waals surface area (Å²) in [6.07, 6.45) is 1.71. The molecule has 116 valence electrons. The molecular weight excluding hydrogens is 356 g/mol. The third-order valence-electron chi connectivity index (χ3n) is 4.08. The SMILES string of the molecule is Cc1nn(C(C)c2nc3c4ccccc4ncn3n2)c(C)c1Br. The predicted octanol–water partition coefficient (Wildman–Crippen LogP) is 3.46. The molecule has 6 nitrogen and oxygen atoms in total. The molecule has 1 unspecified atom stereocenters. The highest BCUT2D eigenvalue weighted by molar-refractivity contribution is 9.10. The van der Waals surface area contributed by atoms with Crippen LogP contribution in [0.1, 0.15) is 30.2 Å². The molecule has 23 heavy (non-hydrogen) atoms. The van der Waals surface area contributed by atoms with Crippen LogP contribution in [0.5, 0.6) is 0 Å². The normalized spacial score (nSPS) is 13.0. The number of hydrogen-bond acceptors (Lipinski definition) is 4. The summed E-state index contributed by atoms with van der Waals surface area (Å²) in [4.78, 5) is 9.15. The number of nitrogens with zero attached hydrogens (tertiary/aromatic N) is 6. The molecular formula is C16H15BrN6. The van der Waals surface area contributed by atoms with Crippen LogP contribution in [0.4, 0.5) is 0 Å². The van der Waals surface area contributed by atoms with Crippen molar-refractivity contribution in [2.45, 2.75) is 26.8 Å². The van der Waals surface area contributed by atoms with Crippen molar-refractivity contribution >= 4 is 32.5 Å². The molecule has 7 heteroatoms. The van der Waals surface area contributed by atoms with Crippen molar-refractivity contribution in [2.24, 2.45) is 0 Å². The van der Waals surface area contributed by atoms with Gasteiger partial charge in [-0.15, -0.1) is 5.10 Å². The summed E-state index contributed by atoms with van der Waals surface area (Å²) >= 11 is 3.57. The van der Waals surface area contributed by atoms with Gasteiger partial charge < -0.3 is 0 Å². The molecule has 0 N–H and O–H groups in total. The van der Waals surface area contributed by atoms with Gasteiger partial charge in [-0.25, -0.2) is 14.5 Å². The lowest BCUT2D eigenvalue weighted by Gasteiger charge is -2.10. The highest BCUT2D eigenvalue weighted by atomic mass is 79.9. The van der Waals surface area contributed by atoms with Crippen LogP contribution in [-0.2, 0) is 0 Å². The van der Waals surface area contributed by atoms with Crippen molar-refractivity contribution in [3.63, 3.8) is 0 Å². The minimum Gasteiger partial charge on any atom is -0.258 e. The fourth-order valence-corrected chi connectivity index (χ4v) is 3.06. The zero-order valence-electron chi connectivity index (χ0n) is 13.0. The first-order chi connectivity index (χ1) is 11.1. The molecule has 0 bridgehead atoms. The first-order valence-corrected chi connectivity index (χ1v) is 8.17. The average molecular weight is 371 g/mol. The lowest BCUT2D eigenvalue weighted by atomic mass is 10.2. The molecule has 1 aromatic carbocycles. The Bertz CT molecular complexity index is 1030. The monoisotopic (exact) mass is 370 g/mol. The number of fused-ring (bicyclic) bond motifs is 3. The van der Waals surface area contributed by atoms with E-state index in [9.17, 15) is 0 Å². The molecule has 0 amide bonds. The molecule has 3 aromatic heterocycles. The Morgan fingerprint density at radius 2 is 1.91 bits per heavy atom. The number of para-hydroxylation sites is 1. The van der Waals surface area contributed by atoms with Gasteiger partial charge in [-0.2, -0.15) is 5.10 Å². The lowest BCUT2D eigenvalue weighted by molar-refractivity contribution is 0.520. The second-order valence-corrected chi connectivity index (χ2v) is 6.40. The summed E-state index contributed by atoms with van der Waals surface area (Å²) in [7, 11) is 0. The second-order valence-electron chi connectivity index (χ2n) is 5.61. The number of benzene rings is 1. The largest absolute Gasteiger partial charge is 0.258 e. The molecule has 0 radical (unpaired) electrons. The minimum atomic E-state index is -0.0568. The van der Waals surface area contributed by atoms with E-state index < -0.39 is 0 Å². The third-order valence-corrected chi connectivity index (χ3v) is 5.22. The molecule has 4 aromatic rings. The maximum Gasteiger partial charge on any atom is 0.176 e. The summed E-state index contributed by atoms with van der Waals surface area (Å²) in [5, 5.41) is 10.2. The van der Waals surface area contributed by atoms with Gasteiger partial charge in [0.15, 0.2) is 11.5 Å². The zero-order chi connectivity index (χ0) is 16.1. The first kappa shape index (κ1) is 14.3. The van der Waals surface area contributed by atoms with Gasteiger partial charge in [-0.3, -0.25) is 4.68 Å². The van der Waals surface area contributed by atoms with E-state index in [1.54, 1.807) is 10.8 Å². The van der Waals surface area contributed by atoms with Crippen LogP contribution in [-0.4, -0.2) is 29.4 Å². The van der Waals surface area contributed by atoms with E-state index in [0.717, 1.165) is 38.2 Å². The van der Waals surface area contributed by atoms with Crippen molar-refractivity contribution in [3.8, 4) is 0 Å². The Balaban J connectivity index is 1.88. The van der Waals surface area contributed by atoms with Gasteiger partial charge in [0.1, 0.15) is 12.4 Å². The highest BCUT2D eigenvalue weighted by Gasteiger charge is 2.20. The van der Waals surface area contributed by atoms with Crippen LogP contribution in [0.15, 0.2) is 35.1 Å². The predicted molar refractivity (Wildman–Crippen MR) is 91.5 cm³/mol. The zero-order valence-corrected chi connectivity index (χ0v) is 14.6. The van der Waals surface area contributed by atoms with Gasteiger partial charge in [-0.1, -0.05) is 12.1 Å². The smallest absolute Gasteiger partial charge is 0.176 e. The second kappa shape index (κ2) is 5.13. The van der Waals surface area contributed by atoms with Crippen LogP contribution < -0.4 is 0 Å². The Kier molecular flexibility index (Phi) is 3.19. The van der Waals surface area contributed by atoms with Crippen molar-refractivity contribution in [3.05, 3.63) is 52.3 Å². The van der Waals surface area contributed by atoms with Crippen LogP contribution in [0, 0.1) is 13.8 Å². The minimum absolute atomic E-state index is 0.0568. The Morgan fingerprint density at radius 1 is 1.13 bits per heavy atom. The van der Waals surface area contributed by atoms with Crippen molar-refractivity contribution in [2.75, 3.05) is 0 Å². The van der Waals surface area contributed by atoms with E-state index in [-0.39, 0.29) is 6.04 Å². The summed E-state index contributed by atoms with van der Waals surface area (Å²) in [6.45, 7) is 6.07. The Hall–Kier alpha value is -2.28. The van der Waals surface area contributed by atoms with Crippen LogP contribution in [0.25, 0.3) is 16.6 Å².